The number of nitrogens with one attached hydrogen (secondary N) is 2. The van der Waals surface area contributed by atoms with Gasteiger partial charge >= 0.3 is 5.97 Å². The minimum atomic E-state index is -0.320. The second-order valence-corrected chi connectivity index (χ2v) is 7.21. The molecule has 0 bridgehead atoms. The van der Waals surface area contributed by atoms with Crippen molar-refractivity contribution in [1.29, 1.82) is 0 Å². The highest BCUT2D eigenvalue weighted by atomic mass is 32.1. The molecule has 0 aliphatic carbocycles. The van der Waals surface area contributed by atoms with Gasteiger partial charge in [-0.2, -0.15) is 0 Å². The van der Waals surface area contributed by atoms with E-state index in [0.717, 1.165) is 11.2 Å². The first-order valence-electron chi connectivity index (χ1n) is 7.67. The number of esters is 1. The number of hydrogen-bond acceptors (Lipinski definition) is 4. The summed E-state index contributed by atoms with van der Waals surface area (Å²) in [4.78, 5) is 18.1. The summed E-state index contributed by atoms with van der Waals surface area (Å²) >= 11 is 1.75. The number of benzene rings is 1. The molecule has 2 atom stereocenters. The van der Waals surface area contributed by atoms with Crippen molar-refractivity contribution in [3.05, 3.63) is 57.4 Å². The van der Waals surface area contributed by atoms with E-state index in [4.69, 9.17) is 4.74 Å². The van der Waals surface area contributed by atoms with Crippen LogP contribution in [0.5, 0.6) is 0 Å². The fourth-order valence-corrected chi connectivity index (χ4v) is 4.31. The molecule has 23 heavy (non-hydrogen) atoms. The predicted molar refractivity (Wildman–Crippen MR) is 91.8 cm³/mol. The first-order valence-corrected chi connectivity index (χ1v) is 8.48. The standard InChI is InChI=1S/C18H18N2O2S/c1-10-7-8-15(23-10)17-16-12(9-14(20-17)18(21)22-2)11-5-3-4-6-13(11)19-16/h3-8,14,17,19-20H,9H2,1-2H3. The predicted octanol–water partition coefficient (Wildman–Crippen LogP) is 3.31. The van der Waals surface area contributed by atoms with Crippen molar-refractivity contribution in [3.8, 4) is 0 Å². The van der Waals surface area contributed by atoms with Crippen molar-refractivity contribution in [3.63, 3.8) is 0 Å². The molecular formula is C18H18N2O2S. The summed E-state index contributed by atoms with van der Waals surface area (Å²) in [6, 6.07) is 12.2. The topological polar surface area (TPSA) is 54.1 Å². The number of H-pyrrole nitrogens is 1. The summed E-state index contributed by atoms with van der Waals surface area (Å²) in [6.45, 7) is 2.10. The normalized spacial score (nSPS) is 20.4. The van der Waals surface area contributed by atoms with Crippen molar-refractivity contribution in [2.45, 2.75) is 25.4 Å². The maximum absolute atomic E-state index is 12.1. The van der Waals surface area contributed by atoms with Gasteiger partial charge in [0.25, 0.3) is 0 Å². The fourth-order valence-electron chi connectivity index (χ4n) is 3.36. The average molecular weight is 326 g/mol. The lowest BCUT2D eigenvalue weighted by atomic mass is 9.93. The highest BCUT2D eigenvalue weighted by molar-refractivity contribution is 7.12. The minimum absolute atomic E-state index is 0.00560. The molecular weight excluding hydrogens is 308 g/mol. The monoisotopic (exact) mass is 326 g/mol. The van der Waals surface area contributed by atoms with Crippen LogP contribution < -0.4 is 5.32 Å². The number of thiophene rings is 1. The number of aryl methyl sites for hydroxylation is 1. The average Bonchev–Trinajstić information content (AvgIpc) is 3.16. The Balaban J connectivity index is 1.87. The molecule has 0 saturated carbocycles. The Morgan fingerprint density at radius 1 is 1.26 bits per heavy atom. The molecule has 1 aromatic carbocycles. The molecule has 118 valence electrons. The number of para-hydroxylation sites is 1. The number of rotatable bonds is 2. The number of methoxy groups -OCH3 is 1. The van der Waals surface area contributed by atoms with Gasteiger partial charge in [0.2, 0.25) is 0 Å². The molecule has 2 aromatic heterocycles. The van der Waals surface area contributed by atoms with Gasteiger partial charge in [-0.25, -0.2) is 0 Å². The van der Waals surface area contributed by atoms with Gasteiger partial charge in [-0.1, -0.05) is 18.2 Å². The molecule has 1 aliphatic rings. The molecule has 0 saturated heterocycles. The summed E-state index contributed by atoms with van der Waals surface area (Å²) < 4.78 is 4.97. The van der Waals surface area contributed by atoms with Crippen LogP contribution >= 0.6 is 11.3 Å². The van der Waals surface area contributed by atoms with Crippen LogP contribution in [0.25, 0.3) is 10.9 Å². The highest BCUT2D eigenvalue weighted by Gasteiger charge is 2.34. The van der Waals surface area contributed by atoms with Gasteiger partial charge in [0.15, 0.2) is 0 Å². The van der Waals surface area contributed by atoms with Crippen LogP contribution in [0.3, 0.4) is 0 Å². The second-order valence-electron chi connectivity index (χ2n) is 5.89. The maximum atomic E-state index is 12.1. The largest absolute Gasteiger partial charge is 0.468 e. The van der Waals surface area contributed by atoms with Crippen molar-refractivity contribution >= 4 is 28.2 Å². The molecule has 3 aromatic rings. The summed E-state index contributed by atoms with van der Waals surface area (Å²) in [7, 11) is 1.44. The second kappa shape index (κ2) is 5.51. The van der Waals surface area contributed by atoms with Gasteiger partial charge in [0, 0.05) is 32.8 Å². The van der Waals surface area contributed by atoms with Gasteiger partial charge in [-0.15, -0.1) is 11.3 Å². The van der Waals surface area contributed by atoms with Crippen molar-refractivity contribution in [2.75, 3.05) is 7.11 Å². The Kier molecular flexibility index (Phi) is 3.47. The summed E-state index contributed by atoms with van der Waals surface area (Å²) in [6.07, 6.45) is 0.646. The summed E-state index contributed by atoms with van der Waals surface area (Å²) in [5.74, 6) is -0.209. The van der Waals surface area contributed by atoms with E-state index in [-0.39, 0.29) is 18.1 Å². The molecule has 2 N–H and O–H groups in total. The third kappa shape index (κ3) is 2.36. The van der Waals surface area contributed by atoms with Crippen LogP contribution in [-0.4, -0.2) is 24.1 Å². The van der Waals surface area contributed by atoms with Crippen LogP contribution in [0.4, 0.5) is 0 Å². The molecule has 0 amide bonds. The zero-order chi connectivity index (χ0) is 16.0. The van der Waals surface area contributed by atoms with Gasteiger partial charge in [-0.05, 0) is 30.7 Å². The zero-order valence-electron chi connectivity index (χ0n) is 13.1. The Hall–Kier alpha value is -2.11. The molecule has 0 radical (unpaired) electrons. The smallest absolute Gasteiger partial charge is 0.323 e. The molecule has 5 heteroatoms. The van der Waals surface area contributed by atoms with Crippen LogP contribution in [-0.2, 0) is 16.0 Å². The number of ether oxygens (including phenoxy) is 1. The van der Waals surface area contributed by atoms with Gasteiger partial charge in [0.05, 0.1) is 13.2 Å². The van der Waals surface area contributed by atoms with Crippen LogP contribution in [0.15, 0.2) is 36.4 Å². The molecule has 0 spiro atoms. The Labute approximate surface area is 138 Å². The quantitative estimate of drug-likeness (QED) is 0.710. The van der Waals surface area contributed by atoms with Gasteiger partial charge in [0.1, 0.15) is 6.04 Å². The number of carbonyl (C=O) groups is 1. The number of aromatic nitrogens is 1. The number of aromatic amines is 1. The van der Waals surface area contributed by atoms with E-state index in [9.17, 15) is 4.79 Å². The minimum Gasteiger partial charge on any atom is -0.468 e. The van der Waals surface area contributed by atoms with Crippen LogP contribution in [0.1, 0.15) is 27.1 Å². The van der Waals surface area contributed by atoms with E-state index >= 15 is 0 Å². The molecule has 2 unspecified atom stereocenters. The highest BCUT2D eigenvalue weighted by Crippen LogP contribution is 2.37. The van der Waals surface area contributed by atoms with Crippen molar-refractivity contribution in [1.82, 2.24) is 10.3 Å². The van der Waals surface area contributed by atoms with E-state index in [1.807, 2.05) is 12.1 Å². The van der Waals surface area contributed by atoms with Crippen molar-refractivity contribution in [2.24, 2.45) is 0 Å². The van der Waals surface area contributed by atoms with E-state index < -0.39 is 0 Å². The Morgan fingerprint density at radius 2 is 2.09 bits per heavy atom. The van der Waals surface area contributed by atoms with E-state index in [2.05, 4.69) is 41.5 Å². The zero-order valence-corrected chi connectivity index (χ0v) is 13.9. The lowest BCUT2D eigenvalue weighted by molar-refractivity contribution is -0.143. The van der Waals surface area contributed by atoms with Crippen LogP contribution in [0.2, 0.25) is 0 Å². The number of hydrogen-bond donors (Lipinski definition) is 2. The molecule has 4 nitrogen and oxygen atoms in total. The van der Waals surface area contributed by atoms with E-state index in [1.165, 1.54) is 27.8 Å². The first kappa shape index (κ1) is 14.5. The van der Waals surface area contributed by atoms with E-state index in [1.54, 1.807) is 11.3 Å². The third-order valence-corrected chi connectivity index (χ3v) is 5.51. The van der Waals surface area contributed by atoms with E-state index in [0.29, 0.717) is 6.42 Å². The third-order valence-electron chi connectivity index (χ3n) is 4.44. The first-order chi connectivity index (χ1) is 11.2. The van der Waals surface area contributed by atoms with Gasteiger partial charge in [-0.3, -0.25) is 10.1 Å². The Morgan fingerprint density at radius 3 is 2.83 bits per heavy atom. The fraction of sp³-hybridized carbons (Fsp3) is 0.278. The summed E-state index contributed by atoms with van der Waals surface area (Å²) in [5, 5.41) is 4.65. The van der Waals surface area contributed by atoms with Crippen LogP contribution in [0, 0.1) is 6.92 Å². The van der Waals surface area contributed by atoms with Crippen molar-refractivity contribution < 1.29 is 9.53 Å². The lowest BCUT2D eigenvalue weighted by Gasteiger charge is -2.29. The Bertz CT molecular complexity index is 880. The SMILES string of the molecule is COC(=O)C1Cc2c([nH]c3ccccc23)C(c2ccc(C)s2)N1. The molecule has 3 heterocycles. The number of carbonyl (C=O) groups excluding carboxylic acids is 1. The van der Waals surface area contributed by atoms with Gasteiger partial charge < -0.3 is 9.72 Å². The number of fused-ring (bicyclic) bond motifs is 3. The lowest BCUT2D eigenvalue weighted by Crippen LogP contribution is -2.45. The molecule has 1 aliphatic heterocycles. The summed E-state index contributed by atoms with van der Waals surface area (Å²) in [5.41, 5.74) is 3.49. The molecule has 0 fully saturated rings. The maximum Gasteiger partial charge on any atom is 0.323 e. The molecule has 4 rings (SSSR count).